The molecule has 2 aromatic carbocycles. The van der Waals surface area contributed by atoms with Gasteiger partial charge in [-0.3, -0.25) is 4.79 Å². The maximum Gasteiger partial charge on any atom is 0.416 e. The monoisotopic (exact) mass is 512 g/mol. The SMILES string of the molecule is COC(=O)C1=C[C@H](c2ccc(C(F)(F)F)cc2)[C@@](/C=C/c2ccc(C(F)(F)F)cc2)(C(=O)OC)CC1. The number of halogens is 6. The van der Waals surface area contributed by atoms with Gasteiger partial charge < -0.3 is 9.47 Å². The van der Waals surface area contributed by atoms with Crippen molar-refractivity contribution in [3.05, 3.63) is 88.5 Å². The fourth-order valence-electron chi connectivity index (χ4n) is 4.21. The quantitative estimate of drug-likeness (QED) is 0.336. The van der Waals surface area contributed by atoms with Gasteiger partial charge in [-0.15, -0.1) is 0 Å². The zero-order chi connectivity index (χ0) is 26.7. The number of carbonyl (C=O) groups excluding carboxylic acids is 2. The minimum absolute atomic E-state index is 0.0451. The second-order valence-corrected chi connectivity index (χ2v) is 8.27. The fraction of sp³-hybridized carbons (Fsp3) is 0.308. The van der Waals surface area contributed by atoms with Crippen molar-refractivity contribution in [1.82, 2.24) is 0 Å². The molecule has 0 spiro atoms. The van der Waals surface area contributed by atoms with Crippen molar-refractivity contribution in [2.24, 2.45) is 5.41 Å². The number of allylic oxidation sites excluding steroid dienone is 1. The molecule has 0 unspecified atom stereocenters. The number of benzene rings is 2. The third kappa shape index (κ3) is 5.63. The highest BCUT2D eigenvalue weighted by Crippen LogP contribution is 2.49. The van der Waals surface area contributed by atoms with Gasteiger partial charge in [-0.05, 0) is 48.2 Å². The van der Waals surface area contributed by atoms with Crippen LogP contribution in [0.4, 0.5) is 26.3 Å². The number of hydrogen-bond donors (Lipinski definition) is 0. The summed E-state index contributed by atoms with van der Waals surface area (Å²) in [6, 6.07) is 8.43. The highest BCUT2D eigenvalue weighted by molar-refractivity contribution is 5.91. The lowest BCUT2D eigenvalue weighted by Crippen LogP contribution is -2.39. The van der Waals surface area contributed by atoms with E-state index in [-0.39, 0.29) is 18.4 Å². The van der Waals surface area contributed by atoms with E-state index in [0.717, 1.165) is 31.4 Å². The summed E-state index contributed by atoms with van der Waals surface area (Å²) in [5.41, 5.74) is -2.26. The van der Waals surface area contributed by atoms with E-state index in [0.29, 0.717) is 11.1 Å². The van der Waals surface area contributed by atoms with E-state index >= 15 is 0 Å². The van der Waals surface area contributed by atoms with Gasteiger partial charge in [0.15, 0.2) is 0 Å². The molecule has 10 heteroatoms. The molecule has 0 N–H and O–H groups in total. The predicted octanol–water partition coefficient (Wildman–Crippen LogP) is 6.57. The first-order valence-corrected chi connectivity index (χ1v) is 10.7. The lowest BCUT2D eigenvalue weighted by atomic mass is 9.64. The molecule has 0 saturated carbocycles. The van der Waals surface area contributed by atoms with Gasteiger partial charge in [0.05, 0.1) is 30.8 Å². The van der Waals surface area contributed by atoms with Crippen molar-refractivity contribution in [2.45, 2.75) is 31.1 Å². The molecule has 2 aromatic rings. The molecule has 0 heterocycles. The first kappa shape index (κ1) is 27.0. The normalized spacial score (nSPS) is 20.7. The Morgan fingerprint density at radius 3 is 1.86 bits per heavy atom. The smallest absolute Gasteiger partial charge is 0.416 e. The Kier molecular flexibility index (Phi) is 7.66. The predicted molar refractivity (Wildman–Crippen MR) is 118 cm³/mol. The van der Waals surface area contributed by atoms with E-state index in [9.17, 15) is 35.9 Å². The van der Waals surface area contributed by atoms with E-state index in [2.05, 4.69) is 0 Å². The lowest BCUT2D eigenvalue weighted by Gasteiger charge is -2.38. The molecular formula is C26H22F6O4. The van der Waals surface area contributed by atoms with Crippen molar-refractivity contribution >= 4 is 18.0 Å². The third-order valence-electron chi connectivity index (χ3n) is 6.15. The summed E-state index contributed by atoms with van der Waals surface area (Å²) in [4.78, 5) is 25.3. The third-order valence-corrected chi connectivity index (χ3v) is 6.15. The highest BCUT2D eigenvalue weighted by Gasteiger charge is 2.47. The van der Waals surface area contributed by atoms with Crippen molar-refractivity contribution in [3.8, 4) is 0 Å². The Bertz CT molecular complexity index is 1160. The number of ether oxygens (including phenoxy) is 2. The summed E-state index contributed by atoms with van der Waals surface area (Å²) in [7, 11) is 2.34. The molecule has 4 nitrogen and oxygen atoms in total. The van der Waals surface area contributed by atoms with Gasteiger partial charge in [0, 0.05) is 11.5 Å². The van der Waals surface area contributed by atoms with Gasteiger partial charge in [0.2, 0.25) is 0 Å². The Labute approximate surface area is 203 Å². The molecule has 1 aliphatic rings. The van der Waals surface area contributed by atoms with Crippen LogP contribution < -0.4 is 0 Å². The van der Waals surface area contributed by atoms with Crippen molar-refractivity contribution in [1.29, 1.82) is 0 Å². The summed E-state index contributed by atoms with van der Waals surface area (Å²) in [5, 5.41) is 0. The molecule has 0 fully saturated rings. The first-order chi connectivity index (χ1) is 16.8. The van der Waals surface area contributed by atoms with Crippen molar-refractivity contribution in [3.63, 3.8) is 0 Å². The zero-order valence-electron chi connectivity index (χ0n) is 19.2. The van der Waals surface area contributed by atoms with E-state index in [1.54, 1.807) is 0 Å². The molecule has 0 saturated heterocycles. The number of esters is 2. The molecule has 0 aliphatic heterocycles. The number of alkyl halides is 6. The Hall–Kier alpha value is -3.56. The maximum absolute atomic E-state index is 13.1. The van der Waals surface area contributed by atoms with Gasteiger partial charge >= 0.3 is 24.3 Å². The number of rotatable bonds is 5. The second kappa shape index (κ2) is 10.2. The average molecular weight is 512 g/mol. The molecule has 0 amide bonds. The van der Waals surface area contributed by atoms with Crippen molar-refractivity contribution < 1.29 is 45.4 Å². The standard InChI is InChI=1S/C26H22F6O4/c1-35-22(33)18-12-14-24(23(34)36-2,13-11-16-3-7-19(8-4-16)25(27,28)29)21(15-18)17-5-9-20(10-6-17)26(30,31)32/h3-11,13,15,21H,12,14H2,1-2H3/b13-11+/t21-,24+/m1/s1. The Balaban J connectivity index is 2.11. The fourth-order valence-corrected chi connectivity index (χ4v) is 4.21. The summed E-state index contributed by atoms with van der Waals surface area (Å²) >= 11 is 0. The summed E-state index contributed by atoms with van der Waals surface area (Å²) in [5.74, 6) is -2.27. The molecule has 3 rings (SSSR count). The Morgan fingerprint density at radius 1 is 0.861 bits per heavy atom. The van der Waals surface area contributed by atoms with Gasteiger partial charge in [-0.25, -0.2) is 4.79 Å². The van der Waals surface area contributed by atoms with E-state index in [1.165, 1.54) is 49.6 Å². The summed E-state index contributed by atoms with van der Waals surface area (Å²) < 4.78 is 87.7. The van der Waals surface area contributed by atoms with Gasteiger partial charge in [-0.1, -0.05) is 42.5 Å². The molecule has 1 aliphatic carbocycles. The molecular weight excluding hydrogens is 490 g/mol. The van der Waals surface area contributed by atoms with Crippen LogP contribution in [0.5, 0.6) is 0 Å². The van der Waals surface area contributed by atoms with Crippen LogP contribution in [0.2, 0.25) is 0 Å². The molecule has 192 valence electrons. The van der Waals surface area contributed by atoms with Gasteiger partial charge in [0.1, 0.15) is 0 Å². The summed E-state index contributed by atoms with van der Waals surface area (Å²) in [6.45, 7) is 0. The van der Waals surface area contributed by atoms with E-state index < -0.39 is 46.8 Å². The lowest BCUT2D eigenvalue weighted by molar-refractivity contribution is -0.151. The number of hydrogen-bond acceptors (Lipinski definition) is 4. The first-order valence-electron chi connectivity index (χ1n) is 10.7. The molecule has 0 aromatic heterocycles. The van der Waals surface area contributed by atoms with Crippen LogP contribution in [0, 0.1) is 5.41 Å². The zero-order valence-corrected chi connectivity index (χ0v) is 19.2. The van der Waals surface area contributed by atoms with Crippen molar-refractivity contribution in [2.75, 3.05) is 14.2 Å². The maximum atomic E-state index is 13.1. The van der Waals surface area contributed by atoms with Gasteiger partial charge in [0.25, 0.3) is 0 Å². The Morgan fingerprint density at radius 2 is 1.39 bits per heavy atom. The minimum atomic E-state index is -4.57. The van der Waals surface area contributed by atoms with Crippen LogP contribution in [-0.2, 0) is 31.4 Å². The van der Waals surface area contributed by atoms with Gasteiger partial charge in [-0.2, -0.15) is 26.3 Å². The average Bonchev–Trinajstić information content (AvgIpc) is 2.85. The largest absolute Gasteiger partial charge is 0.468 e. The topological polar surface area (TPSA) is 52.6 Å². The van der Waals surface area contributed by atoms with E-state index in [1.807, 2.05) is 0 Å². The molecule has 0 radical (unpaired) electrons. The van der Waals surface area contributed by atoms with Crippen LogP contribution in [0.3, 0.4) is 0 Å². The van der Waals surface area contributed by atoms with Crippen LogP contribution in [0.15, 0.2) is 66.3 Å². The number of methoxy groups -OCH3 is 2. The van der Waals surface area contributed by atoms with Crippen LogP contribution in [0.1, 0.15) is 41.0 Å². The highest BCUT2D eigenvalue weighted by atomic mass is 19.4. The number of carbonyl (C=O) groups is 2. The van der Waals surface area contributed by atoms with E-state index in [4.69, 9.17) is 9.47 Å². The van der Waals surface area contributed by atoms with Crippen LogP contribution in [-0.4, -0.2) is 26.2 Å². The summed E-state index contributed by atoms with van der Waals surface area (Å²) in [6.07, 6.45) is -4.55. The van der Waals surface area contributed by atoms with Crippen LogP contribution >= 0.6 is 0 Å². The second-order valence-electron chi connectivity index (χ2n) is 8.27. The minimum Gasteiger partial charge on any atom is -0.468 e. The molecule has 2 atom stereocenters. The van der Waals surface area contributed by atoms with Crippen LogP contribution in [0.25, 0.3) is 6.08 Å². The molecule has 36 heavy (non-hydrogen) atoms. The molecule has 0 bridgehead atoms.